The van der Waals surface area contributed by atoms with E-state index in [1.165, 1.54) is 34.4 Å². The summed E-state index contributed by atoms with van der Waals surface area (Å²) in [6, 6.07) is 0. The Bertz CT molecular complexity index is 1620. The summed E-state index contributed by atoms with van der Waals surface area (Å²) in [4.78, 5) is 32.0. The van der Waals surface area contributed by atoms with Crippen LogP contribution in [0.5, 0.6) is 0 Å². The van der Waals surface area contributed by atoms with E-state index in [1.807, 2.05) is 0 Å². The van der Waals surface area contributed by atoms with Crippen LogP contribution in [0.2, 0.25) is 0 Å². The van der Waals surface area contributed by atoms with E-state index in [0.717, 1.165) is 0 Å². The number of rotatable bonds is 8. The van der Waals surface area contributed by atoms with Gasteiger partial charge < -0.3 is 44.8 Å². The molecule has 0 saturated carbocycles. The van der Waals surface area contributed by atoms with Gasteiger partial charge in [0.05, 0.1) is 38.5 Å². The van der Waals surface area contributed by atoms with Gasteiger partial charge in [0.25, 0.3) is 0 Å². The first-order valence-electron chi connectivity index (χ1n) is 12.0. The third-order valence-electron chi connectivity index (χ3n) is 6.79. The van der Waals surface area contributed by atoms with E-state index in [1.54, 1.807) is 0 Å². The lowest BCUT2D eigenvalue weighted by Gasteiger charge is -2.20. The maximum atomic E-state index is 12.6. The minimum atomic E-state index is -4.78. The number of aliphatic hydroxyl groups is 4. The van der Waals surface area contributed by atoms with Crippen LogP contribution < -0.4 is 0 Å². The average molecular weight is 631 g/mol. The first-order chi connectivity index (χ1) is 19.6. The standard InChI is InChI=1S/C20H23N8O10PS2/c29-11-7(37-19(13(11)31)27-5-25-9-15(27)21-3-23-17(9)40)1-35-39(33,34)36-2-8-12(30)14(32)20(38-8)28-6-26-10-16(28)22-4-24-18(10)41/h3-8,11-14,19-20,29-32H,1-2H2,(H,33,34)(H,21,23,40)(H,22,24,41). The van der Waals surface area contributed by atoms with E-state index < -0.39 is 70.1 Å². The molecule has 7 N–H and O–H groups in total. The number of aliphatic hydroxyl groups excluding tert-OH is 4. The molecule has 6 rings (SSSR count). The normalized spacial score (nSPS) is 31.7. The number of nitrogens with one attached hydrogen (secondary N) is 2. The van der Waals surface area contributed by atoms with Crippen molar-refractivity contribution < 1.29 is 48.4 Å². The molecular formula is C20H23N8O10PS2. The second-order valence-corrected chi connectivity index (χ2v) is 11.5. The van der Waals surface area contributed by atoms with Crippen LogP contribution in [0.25, 0.3) is 22.3 Å². The van der Waals surface area contributed by atoms with Crippen molar-refractivity contribution in [3.63, 3.8) is 0 Å². The summed E-state index contributed by atoms with van der Waals surface area (Å²) in [5.74, 6) is 0. The highest BCUT2D eigenvalue weighted by molar-refractivity contribution is 7.71. The van der Waals surface area contributed by atoms with Gasteiger partial charge in [0.1, 0.15) is 59.0 Å². The molecule has 0 bridgehead atoms. The molecule has 220 valence electrons. The molecule has 2 saturated heterocycles. The van der Waals surface area contributed by atoms with Crippen LogP contribution in [-0.2, 0) is 23.1 Å². The van der Waals surface area contributed by atoms with E-state index in [-0.39, 0.29) is 9.28 Å². The Balaban J connectivity index is 1.07. The molecule has 0 spiro atoms. The number of hydrogen-bond donors (Lipinski definition) is 7. The maximum absolute atomic E-state index is 12.6. The van der Waals surface area contributed by atoms with Gasteiger partial charge in [-0.05, 0) is 0 Å². The van der Waals surface area contributed by atoms with Crippen molar-refractivity contribution in [1.82, 2.24) is 39.0 Å². The number of phosphoric acid groups is 1. The molecule has 41 heavy (non-hydrogen) atoms. The highest BCUT2D eigenvalue weighted by Gasteiger charge is 2.47. The minimum Gasteiger partial charge on any atom is -0.387 e. The Labute approximate surface area is 238 Å². The first-order valence-corrected chi connectivity index (χ1v) is 14.3. The zero-order valence-electron chi connectivity index (χ0n) is 20.6. The van der Waals surface area contributed by atoms with Gasteiger partial charge in [-0.25, -0.2) is 24.5 Å². The molecule has 2 aliphatic heterocycles. The number of fused-ring (bicyclic) bond motifs is 2. The number of H-pyrrole nitrogens is 2. The molecule has 2 fully saturated rings. The summed E-state index contributed by atoms with van der Waals surface area (Å²) in [6.07, 6.45) is -5.21. The van der Waals surface area contributed by atoms with Crippen molar-refractivity contribution in [2.24, 2.45) is 0 Å². The van der Waals surface area contributed by atoms with Gasteiger partial charge in [-0.1, -0.05) is 24.4 Å². The van der Waals surface area contributed by atoms with Gasteiger partial charge >= 0.3 is 7.82 Å². The van der Waals surface area contributed by atoms with Crippen molar-refractivity contribution in [2.45, 2.75) is 49.1 Å². The molecule has 2 aliphatic rings. The molecule has 21 heteroatoms. The van der Waals surface area contributed by atoms with Crippen molar-refractivity contribution in [3.8, 4) is 0 Å². The molecule has 0 radical (unpaired) electrons. The lowest BCUT2D eigenvalue weighted by atomic mass is 10.1. The predicted octanol–water partition coefficient (Wildman–Crippen LogP) is -0.637. The summed E-state index contributed by atoms with van der Waals surface area (Å²) in [5, 5.41) is 42.1. The highest BCUT2D eigenvalue weighted by atomic mass is 32.1. The topological polar surface area (TPSA) is 248 Å². The van der Waals surface area contributed by atoms with Crippen LogP contribution in [0.4, 0.5) is 0 Å². The average Bonchev–Trinajstić information content (AvgIpc) is 3.70. The largest absolute Gasteiger partial charge is 0.472 e. The highest BCUT2D eigenvalue weighted by Crippen LogP contribution is 2.45. The summed E-state index contributed by atoms with van der Waals surface area (Å²) in [6.45, 7) is -1.28. The third-order valence-corrected chi connectivity index (χ3v) is 8.33. The Morgan fingerprint density at radius 1 is 0.780 bits per heavy atom. The summed E-state index contributed by atoms with van der Waals surface area (Å²) in [7, 11) is -4.78. The van der Waals surface area contributed by atoms with Crippen molar-refractivity contribution >= 4 is 54.6 Å². The monoisotopic (exact) mass is 630 g/mol. The summed E-state index contributed by atoms with van der Waals surface area (Å²) < 4.78 is 37.2. The fraction of sp³-hybridized carbons (Fsp3) is 0.500. The molecular weight excluding hydrogens is 607 g/mol. The van der Waals surface area contributed by atoms with Crippen LogP contribution >= 0.6 is 32.3 Å². The van der Waals surface area contributed by atoms with Gasteiger partial charge in [0.15, 0.2) is 21.7 Å². The van der Waals surface area contributed by atoms with Crippen molar-refractivity contribution in [2.75, 3.05) is 13.2 Å². The van der Waals surface area contributed by atoms with E-state index >= 15 is 0 Å². The van der Waals surface area contributed by atoms with Gasteiger partial charge in [-0.15, -0.1) is 0 Å². The Kier molecular flexibility index (Phi) is 7.59. The van der Waals surface area contributed by atoms with Gasteiger partial charge in [0, 0.05) is 0 Å². The number of imidazole rings is 2. The number of nitrogens with zero attached hydrogens (tertiary/aromatic N) is 6. The smallest absolute Gasteiger partial charge is 0.387 e. The Morgan fingerprint density at radius 3 is 1.61 bits per heavy atom. The van der Waals surface area contributed by atoms with Crippen LogP contribution in [0.15, 0.2) is 25.3 Å². The van der Waals surface area contributed by atoms with E-state index in [2.05, 4.69) is 29.9 Å². The second kappa shape index (κ2) is 10.9. The van der Waals surface area contributed by atoms with E-state index in [4.69, 9.17) is 43.0 Å². The molecule has 0 aliphatic carbocycles. The van der Waals surface area contributed by atoms with Gasteiger partial charge in [-0.3, -0.25) is 18.2 Å². The number of hydrogen-bond acceptors (Lipinski definition) is 15. The summed E-state index contributed by atoms with van der Waals surface area (Å²) >= 11 is 10.3. The number of aromatic amines is 2. The zero-order valence-corrected chi connectivity index (χ0v) is 23.1. The molecule has 18 nitrogen and oxygen atoms in total. The molecule has 4 aromatic heterocycles. The first kappa shape index (κ1) is 28.5. The molecule has 8 atom stereocenters. The fourth-order valence-electron chi connectivity index (χ4n) is 4.70. The Morgan fingerprint density at radius 2 is 1.20 bits per heavy atom. The van der Waals surface area contributed by atoms with Crippen LogP contribution in [-0.4, -0.2) is 114 Å². The minimum absolute atomic E-state index is 0.221. The van der Waals surface area contributed by atoms with Crippen molar-refractivity contribution in [3.05, 3.63) is 34.6 Å². The molecule has 8 unspecified atom stereocenters. The quantitative estimate of drug-likeness (QED) is 0.0945. The molecule has 0 aromatic carbocycles. The fourth-order valence-corrected chi connectivity index (χ4v) is 5.85. The number of phosphoric ester groups is 1. The summed E-state index contributed by atoms with van der Waals surface area (Å²) in [5.41, 5.74) is 1.48. The number of aromatic nitrogens is 8. The van der Waals surface area contributed by atoms with Crippen LogP contribution in [0.1, 0.15) is 12.5 Å². The van der Waals surface area contributed by atoms with Crippen LogP contribution in [0.3, 0.4) is 0 Å². The second-order valence-electron chi connectivity index (χ2n) is 9.27. The van der Waals surface area contributed by atoms with Gasteiger partial charge in [-0.2, -0.15) is 0 Å². The molecule has 4 aromatic rings. The third kappa shape index (κ3) is 5.15. The maximum Gasteiger partial charge on any atom is 0.472 e. The molecule has 6 heterocycles. The van der Waals surface area contributed by atoms with Crippen molar-refractivity contribution in [1.29, 1.82) is 0 Å². The lowest BCUT2D eigenvalue weighted by Crippen LogP contribution is -2.34. The molecule has 0 amide bonds. The zero-order chi connectivity index (χ0) is 29.1. The van der Waals surface area contributed by atoms with Gasteiger partial charge in [0.2, 0.25) is 0 Å². The SMILES string of the molecule is O=P(O)(OCC1OC(n2cnc3c(=S)nc[nH]c32)C(O)C1O)OCC1OC(n2cnc3c(=S)nc[nH]c32)C(O)C1O. The predicted molar refractivity (Wildman–Crippen MR) is 139 cm³/mol. The van der Waals surface area contributed by atoms with E-state index in [9.17, 15) is 29.9 Å². The van der Waals surface area contributed by atoms with E-state index in [0.29, 0.717) is 22.3 Å². The Hall–Kier alpha value is -2.59. The van der Waals surface area contributed by atoms with Crippen LogP contribution in [0, 0.1) is 9.28 Å². The number of ether oxygens (including phenoxy) is 2. The lowest BCUT2D eigenvalue weighted by molar-refractivity contribution is -0.0608.